The summed E-state index contributed by atoms with van der Waals surface area (Å²) in [5.41, 5.74) is 1.95. The van der Waals surface area contributed by atoms with Crippen LogP contribution in [0.2, 0.25) is 0 Å². The number of hydrogen-bond donors (Lipinski definition) is 0. The van der Waals surface area contributed by atoms with E-state index in [0.29, 0.717) is 12.5 Å². The molecule has 3 rings (SSSR count). The summed E-state index contributed by atoms with van der Waals surface area (Å²) >= 11 is 0. The molecule has 122 valence electrons. The number of carbonyl (C=O) groups is 1. The molecule has 6 heteroatoms. The molecule has 5 nitrogen and oxygen atoms in total. The molecule has 1 aromatic heterocycles. The second kappa shape index (κ2) is 9.23. The molecule has 0 saturated carbocycles. The van der Waals surface area contributed by atoms with Crippen molar-refractivity contribution < 1.29 is 42.2 Å². The zero-order chi connectivity index (χ0) is 16.1. The average Bonchev–Trinajstić information content (AvgIpc) is 2.99. The van der Waals surface area contributed by atoms with Crippen LogP contribution in [0.3, 0.4) is 0 Å². The molecule has 0 aliphatic carbocycles. The number of amides is 1. The van der Waals surface area contributed by atoms with Crippen LogP contribution in [-0.2, 0) is 50.6 Å². The molecule has 0 unspecified atom stereocenters. The zero-order valence-electron chi connectivity index (χ0n) is 13.8. The first kappa shape index (κ1) is 19.0. The number of imidazole rings is 1. The topological polar surface area (TPSA) is 47.4 Å². The molecule has 1 fully saturated rings. The van der Waals surface area contributed by atoms with Crippen molar-refractivity contribution in [2.24, 2.45) is 5.92 Å². The third-order valence-electron chi connectivity index (χ3n) is 4.33. The predicted molar refractivity (Wildman–Crippen MR) is 87.6 cm³/mol. The number of rotatable bonds is 4. The van der Waals surface area contributed by atoms with Crippen LogP contribution in [0, 0.1) is 12.8 Å². The number of carbonyl (C=O) groups excluding carboxylic acids is 1. The van der Waals surface area contributed by atoms with Gasteiger partial charge in [0.05, 0.1) is 6.33 Å². The Labute approximate surface area is 168 Å². The van der Waals surface area contributed by atoms with Gasteiger partial charge in [0.1, 0.15) is 6.61 Å². The molecular weight excluding hydrogens is 379 g/mol. The van der Waals surface area contributed by atoms with Gasteiger partial charge in [-0.1, -0.05) is 36.5 Å². The fourth-order valence-electron chi connectivity index (χ4n) is 2.90. The van der Waals surface area contributed by atoms with E-state index in [4.69, 9.17) is 4.74 Å². The fraction of sp³-hybridized carbons (Fsp3) is 0.389. The molecule has 0 N–H and O–H groups in total. The third kappa shape index (κ3) is 5.08. The molecule has 1 aliphatic rings. The molecule has 24 heavy (non-hydrogen) atoms. The van der Waals surface area contributed by atoms with Crippen LogP contribution < -0.4 is 0 Å². The number of likely N-dealkylation sites (tertiary alicyclic amines) is 1. The molecule has 1 aromatic carbocycles. The van der Waals surface area contributed by atoms with E-state index in [1.54, 1.807) is 11.1 Å². The largest absolute Gasteiger partial charge is 3.00 e. The summed E-state index contributed by atoms with van der Waals surface area (Å²) in [6.07, 6.45) is 5.35. The summed E-state index contributed by atoms with van der Waals surface area (Å²) in [4.78, 5) is 18.0. The number of hydrogen-bond acceptors (Lipinski definition) is 3. The van der Waals surface area contributed by atoms with Gasteiger partial charge in [0.25, 0.3) is 0 Å². The van der Waals surface area contributed by atoms with E-state index in [9.17, 15) is 4.79 Å². The average molecular weight is 401 g/mol. The van der Waals surface area contributed by atoms with E-state index in [1.807, 2.05) is 36.7 Å². The zero-order valence-corrected chi connectivity index (χ0v) is 16.6. The van der Waals surface area contributed by atoms with Crippen LogP contribution in [0.4, 0.5) is 4.79 Å². The SMILES string of the molecule is [CH2-]c1cncn1CC1CCN(C(=O)OCc2ccccc2)CC1.[Y+3]. The summed E-state index contributed by atoms with van der Waals surface area (Å²) < 4.78 is 7.47. The van der Waals surface area contributed by atoms with Crippen molar-refractivity contribution >= 4 is 6.09 Å². The van der Waals surface area contributed by atoms with Crippen molar-refractivity contribution in [2.75, 3.05) is 13.1 Å². The Hall–Kier alpha value is -1.33. The Morgan fingerprint density at radius 1 is 1.25 bits per heavy atom. The van der Waals surface area contributed by atoms with Gasteiger partial charge in [0.15, 0.2) is 0 Å². The van der Waals surface area contributed by atoms with Gasteiger partial charge in [-0.25, -0.2) is 11.7 Å². The maximum Gasteiger partial charge on any atom is 3.00 e. The Balaban J connectivity index is 0.00000208. The Kier molecular flexibility index (Phi) is 7.31. The van der Waals surface area contributed by atoms with E-state index in [2.05, 4.69) is 16.5 Å². The number of ether oxygens (including phenoxy) is 1. The molecule has 0 spiro atoms. The van der Waals surface area contributed by atoms with Crippen LogP contribution >= 0.6 is 0 Å². The molecule has 0 radical (unpaired) electrons. The summed E-state index contributed by atoms with van der Waals surface area (Å²) in [6, 6.07) is 9.76. The first-order chi connectivity index (χ1) is 11.2. The Morgan fingerprint density at radius 3 is 2.58 bits per heavy atom. The second-order valence-corrected chi connectivity index (χ2v) is 6.01. The maximum absolute atomic E-state index is 12.1. The monoisotopic (exact) mass is 401 g/mol. The van der Waals surface area contributed by atoms with Gasteiger partial charge in [-0.05, 0) is 24.3 Å². The number of aromatic nitrogens is 2. The standard InChI is InChI=1S/C18H22N3O2.Y/c1-15-11-19-14-21(15)12-16-7-9-20(10-8-16)18(22)23-13-17-5-3-2-4-6-17;/h2-6,11,14,16H,1,7-10,12-13H2;/q-1;+3. The first-order valence-corrected chi connectivity index (χ1v) is 8.00. The van der Waals surface area contributed by atoms with E-state index in [-0.39, 0.29) is 38.8 Å². The smallest absolute Gasteiger partial charge is 0.445 e. The van der Waals surface area contributed by atoms with Crippen molar-refractivity contribution in [1.29, 1.82) is 0 Å². The minimum atomic E-state index is -0.215. The van der Waals surface area contributed by atoms with Crippen LogP contribution in [0.25, 0.3) is 0 Å². The van der Waals surface area contributed by atoms with Gasteiger partial charge in [0.2, 0.25) is 0 Å². The van der Waals surface area contributed by atoms with E-state index >= 15 is 0 Å². The molecule has 1 aliphatic heterocycles. The van der Waals surface area contributed by atoms with Crippen LogP contribution in [0.15, 0.2) is 42.9 Å². The minimum Gasteiger partial charge on any atom is -0.445 e. The predicted octanol–water partition coefficient (Wildman–Crippen LogP) is 3.11. The van der Waals surface area contributed by atoms with E-state index in [0.717, 1.165) is 43.7 Å². The van der Waals surface area contributed by atoms with Crippen molar-refractivity contribution in [1.82, 2.24) is 14.5 Å². The normalized spacial score (nSPS) is 14.9. The van der Waals surface area contributed by atoms with Gasteiger partial charge in [-0.3, -0.25) is 0 Å². The Morgan fingerprint density at radius 2 is 1.96 bits per heavy atom. The molecule has 2 heterocycles. The van der Waals surface area contributed by atoms with Crippen LogP contribution in [-0.4, -0.2) is 33.6 Å². The van der Waals surface area contributed by atoms with Gasteiger partial charge >= 0.3 is 38.8 Å². The van der Waals surface area contributed by atoms with Crippen LogP contribution in [0.5, 0.6) is 0 Å². The molecule has 1 saturated heterocycles. The van der Waals surface area contributed by atoms with Crippen molar-refractivity contribution in [3.8, 4) is 0 Å². The van der Waals surface area contributed by atoms with E-state index in [1.165, 1.54) is 0 Å². The van der Waals surface area contributed by atoms with Crippen molar-refractivity contribution in [3.63, 3.8) is 0 Å². The fourth-order valence-corrected chi connectivity index (χ4v) is 2.90. The molecule has 1 amide bonds. The van der Waals surface area contributed by atoms with Gasteiger partial charge in [0, 0.05) is 19.6 Å². The van der Waals surface area contributed by atoms with Crippen molar-refractivity contribution in [2.45, 2.75) is 26.0 Å². The summed E-state index contributed by atoms with van der Waals surface area (Å²) in [5.74, 6) is 0.558. The minimum absolute atomic E-state index is 0. The third-order valence-corrected chi connectivity index (χ3v) is 4.33. The van der Waals surface area contributed by atoms with Crippen molar-refractivity contribution in [3.05, 3.63) is 61.0 Å². The number of benzene rings is 1. The first-order valence-electron chi connectivity index (χ1n) is 8.00. The molecular formula is C18H22N3O2Y+2. The number of nitrogens with zero attached hydrogens (tertiary/aromatic N) is 3. The van der Waals surface area contributed by atoms with Gasteiger partial charge in [-0.2, -0.15) is 0 Å². The molecule has 0 atom stereocenters. The summed E-state index contributed by atoms with van der Waals surface area (Å²) in [6.45, 7) is 6.71. The molecule has 2 aromatic rings. The Bertz CT molecular complexity index is 637. The summed E-state index contributed by atoms with van der Waals surface area (Å²) in [7, 11) is 0. The number of piperidine rings is 1. The quantitative estimate of drug-likeness (QED) is 0.740. The van der Waals surface area contributed by atoms with Crippen LogP contribution in [0.1, 0.15) is 24.1 Å². The van der Waals surface area contributed by atoms with E-state index < -0.39 is 0 Å². The maximum atomic E-state index is 12.1. The summed E-state index contributed by atoms with van der Waals surface area (Å²) in [5, 5.41) is 0. The second-order valence-electron chi connectivity index (χ2n) is 6.01. The van der Waals surface area contributed by atoms with Gasteiger partial charge in [-0.15, -0.1) is 5.69 Å². The molecule has 0 bridgehead atoms. The van der Waals surface area contributed by atoms with Gasteiger partial charge < -0.3 is 19.2 Å².